The summed E-state index contributed by atoms with van der Waals surface area (Å²) in [4.78, 5) is 24.2. The predicted octanol–water partition coefficient (Wildman–Crippen LogP) is -10.3. The van der Waals surface area contributed by atoms with Crippen molar-refractivity contribution in [2.75, 3.05) is 13.2 Å². The fourth-order valence-corrected chi connectivity index (χ4v) is 7.94. The first-order valence-electron chi connectivity index (χ1n) is 16.9. The summed E-state index contributed by atoms with van der Waals surface area (Å²) >= 11 is 0. The molecule has 0 aliphatic carbocycles. The molecule has 39 heteroatoms. The van der Waals surface area contributed by atoms with Gasteiger partial charge in [-0.2, -0.15) is 33.7 Å². The van der Waals surface area contributed by atoms with Gasteiger partial charge in [0.15, 0.2) is 43.5 Å². The molecule has 0 unspecified atom stereocenters. The van der Waals surface area contributed by atoms with Crippen LogP contribution in [0.1, 0.15) is 0 Å². The molecule has 4 saturated heterocycles. The lowest BCUT2D eigenvalue weighted by atomic mass is 9.94. The third-order valence-corrected chi connectivity index (χ3v) is 10.9. The molecule has 0 bridgehead atoms. The standard InChI is InChI=1S/C24H40N2O33S4/c25-5-7(27)12(3(51-21(5)36)1-49-60(37,38)39)53-24-17(59-63(46,47)48)11(31)15(18(57-24)20(34)35)55-22-6(26)14(58-62(43,44)45)13(4(52-22)2-50-61(40,41)42)54-23-10(30)8(28)9(29)16(56-23)19(32)33/h3-18,21-24,27-31,36H,1-2,25-26H2,(H,32,33)(H,34,35)(H,37,38,39)(H,40,41,42)(H,43,44,45)(H,46,47,48)/t3-,4-,5-,6-,7-,8+,9+,10-,11+,12-,13-,14-,15+,16+,17-,18-,21+,22-,23-,24-/m1/s1. The van der Waals surface area contributed by atoms with Crippen molar-refractivity contribution in [1.82, 2.24) is 0 Å². The van der Waals surface area contributed by atoms with Crippen LogP contribution in [0, 0.1) is 0 Å². The molecule has 4 rings (SSSR count). The number of carbonyl (C=O) groups is 2. The van der Waals surface area contributed by atoms with E-state index in [9.17, 15) is 97.8 Å². The van der Waals surface area contributed by atoms with Gasteiger partial charge in [0.2, 0.25) is 0 Å². The van der Waals surface area contributed by atoms with E-state index in [-0.39, 0.29) is 0 Å². The molecule has 20 atom stereocenters. The largest absolute Gasteiger partial charge is 0.479 e. The fraction of sp³-hybridized carbons (Fsp3) is 0.917. The lowest BCUT2D eigenvalue weighted by molar-refractivity contribution is -0.366. The summed E-state index contributed by atoms with van der Waals surface area (Å²) in [5.74, 6) is -4.18. The van der Waals surface area contributed by atoms with Gasteiger partial charge in [0, 0.05) is 0 Å². The molecular formula is C24H40N2O33S4. The molecule has 16 N–H and O–H groups in total. The minimum Gasteiger partial charge on any atom is -0.479 e. The topological polar surface area (TPSA) is 567 Å². The molecule has 4 aliphatic heterocycles. The van der Waals surface area contributed by atoms with E-state index in [4.69, 9.17) is 49.2 Å². The van der Waals surface area contributed by atoms with E-state index in [0.717, 1.165) is 0 Å². The molecule has 4 heterocycles. The Labute approximate surface area is 352 Å². The highest BCUT2D eigenvalue weighted by atomic mass is 32.3. The number of carboxylic acid groups (broad SMARTS) is 2. The van der Waals surface area contributed by atoms with Crippen LogP contribution in [0.4, 0.5) is 0 Å². The molecule has 0 amide bonds. The van der Waals surface area contributed by atoms with Crippen molar-refractivity contribution in [3.05, 3.63) is 0 Å². The number of ether oxygens (including phenoxy) is 7. The number of aliphatic hydroxyl groups is 6. The van der Waals surface area contributed by atoms with Gasteiger partial charge in [-0.1, -0.05) is 0 Å². The quantitative estimate of drug-likeness (QED) is 0.0567. The van der Waals surface area contributed by atoms with Gasteiger partial charge in [0.05, 0.1) is 25.3 Å². The summed E-state index contributed by atoms with van der Waals surface area (Å²) in [6.45, 7) is -2.91. The Balaban J connectivity index is 1.74. The van der Waals surface area contributed by atoms with Crippen molar-refractivity contribution in [2.45, 2.75) is 123 Å². The molecular weight excluding hydrogens is 973 g/mol. The van der Waals surface area contributed by atoms with Crippen LogP contribution in [0.15, 0.2) is 0 Å². The Kier molecular flexibility index (Phi) is 17.3. The van der Waals surface area contributed by atoms with Crippen molar-refractivity contribution in [2.24, 2.45) is 11.5 Å². The molecule has 4 fully saturated rings. The second-order valence-electron chi connectivity index (χ2n) is 13.4. The Morgan fingerprint density at radius 2 is 0.921 bits per heavy atom. The number of nitrogens with two attached hydrogens (primary N) is 2. The van der Waals surface area contributed by atoms with Gasteiger partial charge in [0.1, 0.15) is 67.1 Å². The van der Waals surface area contributed by atoms with E-state index in [1.54, 1.807) is 0 Å². The summed E-state index contributed by atoms with van der Waals surface area (Å²) in [5, 5.41) is 82.5. The first-order valence-corrected chi connectivity index (χ1v) is 22.3. The van der Waals surface area contributed by atoms with Gasteiger partial charge in [-0.3, -0.25) is 18.2 Å². The Bertz CT molecular complexity index is 2060. The second-order valence-corrected chi connectivity index (χ2v) is 17.7. The SMILES string of the molecule is N[C@@H]1[C@@H](O)[C@H](O[C@@H]2O[C@@H](C(=O)O)[C@@H](O[C@H]3O[C@H](COS(=O)(=O)O)[C@@H](O[C@@H]4O[C@H](C(=O)O)[C@@H](O)[C@H](O)[C@H]4O)[C@H](OS(=O)(=O)O)[C@H]3N)[C@H](O)[C@H]2OS(=O)(=O)O)[C@@H](COS(=O)(=O)O)O[C@@H]1O. The number of aliphatic hydroxyl groups excluding tert-OH is 6. The molecule has 0 saturated carbocycles. The first kappa shape index (κ1) is 53.4. The third-order valence-electron chi connectivity index (χ3n) is 9.11. The van der Waals surface area contributed by atoms with Crippen LogP contribution in [0.25, 0.3) is 0 Å². The van der Waals surface area contributed by atoms with Crippen molar-refractivity contribution < 1.29 is 152 Å². The van der Waals surface area contributed by atoms with Gasteiger partial charge in [-0.05, 0) is 0 Å². The third kappa shape index (κ3) is 13.9. The van der Waals surface area contributed by atoms with Gasteiger partial charge < -0.3 is 85.5 Å². The van der Waals surface area contributed by atoms with Gasteiger partial charge in [0.25, 0.3) is 0 Å². The highest BCUT2D eigenvalue weighted by molar-refractivity contribution is 7.81. The maximum absolute atomic E-state index is 12.6. The molecule has 0 aromatic rings. The summed E-state index contributed by atoms with van der Waals surface area (Å²) < 4.78 is 185. The summed E-state index contributed by atoms with van der Waals surface area (Å²) in [6, 6.07) is -4.28. The summed E-state index contributed by atoms with van der Waals surface area (Å²) in [5.41, 5.74) is 11.7. The zero-order valence-corrected chi connectivity index (χ0v) is 34.0. The van der Waals surface area contributed by atoms with E-state index >= 15 is 0 Å². The Hall–Kier alpha value is -2.18. The molecule has 0 aromatic heterocycles. The first-order chi connectivity index (χ1) is 28.7. The molecule has 63 heavy (non-hydrogen) atoms. The van der Waals surface area contributed by atoms with E-state index in [1.165, 1.54) is 0 Å². The van der Waals surface area contributed by atoms with Gasteiger partial charge in [-0.15, -0.1) is 0 Å². The summed E-state index contributed by atoms with van der Waals surface area (Å²) in [6.07, 6.45) is -44.6. The highest BCUT2D eigenvalue weighted by Gasteiger charge is 2.59. The smallest absolute Gasteiger partial charge is 0.397 e. The van der Waals surface area contributed by atoms with Crippen LogP contribution in [0.2, 0.25) is 0 Å². The zero-order valence-electron chi connectivity index (χ0n) is 30.7. The number of rotatable bonds is 18. The lowest BCUT2D eigenvalue weighted by Crippen LogP contribution is -2.70. The number of hydrogen-bond acceptors (Lipinski definition) is 29. The minimum absolute atomic E-state index is 1.33. The van der Waals surface area contributed by atoms with E-state index in [2.05, 4.69) is 16.7 Å². The fourth-order valence-electron chi connectivity index (χ4n) is 6.33. The van der Waals surface area contributed by atoms with Crippen molar-refractivity contribution in [1.29, 1.82) is 0 Å². The second kappa shape index (κ2) is 20.4. The molecule has 35 nitrogen and oxygen atoms in total. The van der Waals surface area contributed by atoms with Crippen molar-refractivity contribution in [3.63, 3.8) is 0 Å². The number of aliphatic carboxylic acids is 2. The number of hydrogen-bond donors (Lipinski definition) is 14. The molecule has 0 aromatic carbocycles. The van der Waals surface area contributed by atoms with Crippen molar-refractivity contribution in [3.8, 4) is 0 Å². The molecule has 0 spiro atoms. The normalized spacial score (nSPS) is 42.1. The lowest BCUT2D eigenvalue weighted by Gasteiger charge is -2.49. The van der Waals surface area contributed by atoms with E-state index in [1.807, 2.05) is 0 Å². The van der Waals surface area contributed by atoms with Crippen LogP contribution in [-0.4, -0.2) is 241 Å². The van der Waals surface area contributed by atoms with Gasteiger partial charge >= 0.3 is 53.5 Å². The highest BCUT2D eigenvalue weighted by Crippen LogP contribution is 2.36. The van der Waals surface area contributed by atoms with Crippen LogP contribution in [-0.2, 0) is 101 Å². The molecule has 4 aliphatic rings. The average molecular weight is 1010 g/mol. The maximum Gasteiger partial charge on any atom is 0.397 e. The maximum atomic E-state index is 12.6. The minimum atomic E-state index is -5.82. The Morgan fingerprint density at radius 3 is 1.41 bits per heavy atom. The zero-order chi connectivity index (χ0) is 47.9. The van der Waals surface area contributed by atoms with E-state index in [0.29, 0.717) is 0 Å². The van der Waals surface area contributed by atoms with Crippen LogP contribution in [0.5, 0.6) is 0 Å². The monoisotopic (exact) mass is 1010 g/mol. The Morgan fingerprint density at radius 1 is 0.460 bits per heavy atom. The number of carboxylic acids is 2. The summed E-state index contributed by atoms with van der Waals surface area (Å²) in [7, 11) is -22.4. The van der Waals surface area contributed by atoms with Crippen LogP contribution >= 0.6 is 0 Å². The van der Waals surface area contributed by atoms with Crippen LogP contribution < -0.4 is 11.5 Å². The van der Waals surface area contributed by atoms with Crippen LogP contribution in [0.3, 0.4) is 0 Å². The molecule has 368 valence electrons. The molecule has 0 radical (unpaired) electrons. The average Bonchev–Trinajstić information content (AvgIpc) is 3.13. The predicted molar refractivity (Wildman–Crippen MR) is 181 cm³/mol. The van der Waals surface area contributed by atoms with E-state index < -0.39 is 189 Å². The van der Waals surface area contributed by atoms with Gasteiger partial charge in [-0.25, -0.2) is 26.3 Å². The van der Waals surface area contributed by atoms with Crippen molar-refractivity contribution >= 4 is 53.5 Å².